The normalized spacial score (nSPS) is 9.90. The van der Waals surface area contributed by atoms with Gasteiger partial charge in [-0.2, -0.15) is 0 Å². The minimum Gasteiger partial charge on any atom is -0.480 e. The summed E-state index contributed by atoms with van der Waals surface area (Å²) >= 11 is 3.32. The molecule has 0 aliphatic heterocycles. The van der Waals surface area contributed by atoms with Gasteiger partial charge in [-0.25, -0.2) is 4.79 Å². The number of halogens is 1. The van der Waals surface area contributed by atoms with E-state index in [1.54, 1.807) is 12.1 Å². The molecule has 0 aliphatic carbocycles. The number of nitrogens with zero attached hydrogens (tertiary/aromatic N) is 1. The molecule has 1 aromatic rings. The molecule has 7 nitrogen and oxygen atoms in total. The third-order valence-electron chi connectivity index (χ3n) is 2.39. The van der Waals surface area contributed by atoms with Crippen LogP contribution in [-0.4, -0.2) is 41.0 Å². The smallest absolute Gasteiger partial charge is 0.323 e. The lowest BCUT2D eigenvalue weighted by Crippen LogP contribution is -2.43. The molecule has 108 valence electrons. The largest absolute Gasteiger partial charge is 0.480 e. The molecule has 0 saturated heterocycles. The van der Waals surface area contributed by atoms with E-state index in [1.807, 2.05) is 13.0 Å². The number of carboxylic acids is 1. The highest BCUT2D eigenvalue weighted by atomic mass is 79.9. The van der Waals surface area contributed by atoms with Crippen molar-refractivity contribution in [3.8, 4) is 0 Å². The monoisotopic (exact) mass is 343 g/mol. The third-order valence-corrected chi connectivity index (χ3v) is 3.45. The number of primary amides is 1. The van der Waals surface area contributed by atoms with E-state index in [0.717, 1.165) is 10.5 Å². The number of nitrogens with one attached hydrogen (secondary N) is 1. The van der Waals surface area contributed by atoms with E-state index < -0.39 is 31.0 Å². The summed E-state index contributed by atoms with van der Waals surface area (Å²) in [5.74, 6) is -2.02. The molecule has 0 aliphatic rings. The number of carboxylic acid groups (broad SMARTS) is 1. The Labute approximate surface area is 123 Å². The Bertz CT molecular complexity index is 532. The van der Waals surface area contributed by atoms with Crippen LogP contribution >= 0.6 is 15.9 Å². The average Bonchev–Trinajstić information content (AvgIpc) is 2.33. The molecule has 0 saturated carbocycles. The summed E-state index contributed by atoms with van der Waals surface area (Å²) in [4.78, 5) is 34.3. The highest BCUT2D eigenvalue weighted by molar-refractivity contribution is 9.10. The van der Waals surface area contributed by atoms with E-state index in [2.05, 4.69) is 21.2 Å². The summed E-state index contributed by atoms with van der Waals surface area (Å²) < 4.78 is 0.683. The van der Waals surface area contributed by atoms with Crippen LogP contribution < -0.4 is 11.1 Å². The highest BCUT2D eigenvalue weighted by Gasteiger charge is 2.19. The second-order valence-corrected chi connectivity index (χ2v) is 4.88. The number of anilines is 1. The van der Waals surface area contributed by atoms with Gasteiger partial charge in [0, 0.05) is 4.47 Å². The van der Waals surface area contributed by atoms with Gasteiger partial charge in [0.1, 0.15) is 13.1 Å². The number of nitrogens with two attached hydrogens (primary N) is 1. The Morgan fingerprint density at radius 1 is 1.35 bits per heavy atom. The van der Waals surface area contributed by atoms with Gasteiger partial charge in [-0.3, -0.25) is 9.59 Å². The van der Waals surface area contributed by atoms with Crippen LogP contribution in [0.5, 0.6) is 0 Å². The van der Waals surface area contributed by atoms with Gasteiger partial charge in [0.15, 0.2) is 0 Å². The van der Waals surface area contributed by atoms with E-state index in [9.17, 15) is 14.4 Å². The molecule has 20 heavy (non-hydrogen) atoms. The minimum atomic E-state index is -1.23. The molecule has 1 rings (SSSR count). The Morgan fingerprint density at radius 3 is 2.55 bits per heavy atom. The van der Waals surface area contributed by atoms with Gasteiger partial charge >= 0.3 is 12.0 Å². The molecule has 1 aromatic carbocycles. The van der Waals surface area contributed by atoms with Gasteiger partial charge < -0.3 is 21.1 Å². The lowest BCUT2D eigenvalue weighted by atomic mass is 10.2. The fourth-order valence-corrected chi connectivity index (χ4v) is 1.85. The van der Waals surface area contributed by atoms with Crippen molar-refractivity contribution in [2.45, 2.75) is 6.92 Å². The van der Waals surface area contributed by atoms with Crippen molar-refractivity contribution in [3.05, 3.63) is 28.2 Å². The van der Waals surface area contributed by atoms with Crippen molar-refractivity contribution in [2.75, 3.05) is 18.4 Å². The molecule has 0 aromatic heterocycles. The number of carbonyl (C=O) groups is 3. The van der Waals surface area contributed by atoms with Crippen LogP contribution in [0.4, 0.5) is 10.5 Å². The second kappa shape index (κ2) is 6.90. The van der Waals surface area contributed by atoms with E-state index in [4.69, 9.17) is 10.8 Å². The second-order valence-electron chi connectivity index (χ2n) is 4.08. The van der Waals surface area contributed by atoms with E-state index in [0.29, 0.717) is 10.2 Å². The highest BCUT2D eigenvalue weighted by Crippen LogP contribution is 2.25. The predicted octanol–water partition coefficient (Wildman–Crippen LogP) is 1.16. The molecular formula is C12H14BrN3O4. The summed E-state index contributed by atoms with van der Waals surface area (Å²) in [5.41, 5.74) is 6.38. The van der Waals surface area contributed by atoms with Crippen molar-refractivity contribution >= 4 is 39.5 Å². The Balaban J connectivity index is 2.87. The summed E-state index contributed by atoms with van der Waals surface area (Å²) in [5, 5.41) is 11.3. The first-order valence-corrected chi connectivity index (χ1v) is 6.41. The first-order chi connectivity index (χ1) is 9.31. The summed E-state index contributed by atoms with van der Waals surface area (Å²) in [6.07, 6.45) is 0. The topological polar surface area (TPSA) is 113 Å². The lowest BCUT2D eigenvalue weighted by Gasteiger charge is -2.20. The van der Waals surface area contributed by atoms with Crippen LogP contribution in [0.25, 0.3) is 0 Å². The fraction of sp³-hybridized carbons (Fsp3) is 0.250. The first-order valence-electron chi connectivity index (χ1n) is 5.62. The van der Waals surface area contributed by atoms with Crippen LogP contribution in [0.3, 0.4) is 0 Å². The zero-order chi connectivity index (χ0) is 15.3. The molecule has 0 bridgehead atoms. The van der Waals surface area contributed by atoms with Crippen molar-refractivity contribution < 1.29 is 19.5 Å². The Morgan fingerprint density at radius 2 is 2.00 bits per heavy atom. The maximum Gasteiger partial charge on any atom is 0.323 e. The van der Waals surface area contributed by atoms with Gasteiger partial charge in [-0.05, 0) is 34.5 Å². The fourth-order valence-electron chi connectivity index (χ4n) is 1.49. The molecule has 0 unspecified atom stereocenters. The average molecular weight is 344 g/mol. The standard InChI is InChI=1S/C12H14BrN3O4/c1-7-3-2-4-8(11(7)13)15-12(20)16(5-9(14)17)6-10(18)19/h2-4H,5-6H2,1H3,(H2,14,17)(H,15,20)(H,18,19). The third kappa shape index (κ3) is 4.54. The van der Waals surface area contributed by atoms with Gasteiger partial charge in [0.2, 0.25) is 5.91 Å². The van der Waals surface area contributed by atoms with Gasteiger partial charge in [-0.1, -0.05) is 12.1 Å². The number of hydrogen-bond acceptors (Lipinski definition) is 3. The Kier molecular flexibility index (Phi) is 5.51. The number of urea groups is 1. The predicted molar refractivity (Wildman–Crippen MR) is 76.3 cm³/mol. The molecule has 3 amide bonds. The van der Waals surface area contributed by atoms with E-state index >= 15 is 0 Å². The quantitative estimate of drug-likeness (QED) is 0.744. The number of aliphatic carboxylic acids is 1. The SMILES string of the molecule is Cc1cccc(NC(=O)N(CC(N)=O)CC(=O)O)c1Br. The van der Waals surface area contributed by atoms with Gasteiger partial charge in [0.25, 0.3) is 0 Å². The van der Waals surface area contributed by atoms with Crippen LogP contribution in [0.15, 0.2) is 22.7 Å². The molecular weight excluding hydrogens is 330 g/mol. The summed E-state index contributed by atoms with van der Waals surface area (Å²) in [6, 6.07) is 4.53. The molecule has 0 fully saturated rings. The van der Waals surface area contributed by atoms with Crippen molar-refractivity contribution in [2.24, 2.45) is 5.73 Å². The van der Waals surface area contributed by atoms with Crippen LogP contribution in [-0.2, 0) is 9.59 Å². The molecule has 0 heterocycles. The number of aryl methyl sites for hydroxylation is 1. The van der Waals surface area contributed by atoms with Gasteiger partial charge in [-0.15, -0.1) is 0 Å². The molecule has 0 radical (unpaired) electrons. The maximum atomic E-state index is 12.0. The van der Waals surface area contributed by atoms with Crippen molar-refractivity contribution in [1.29, 1.82) is 0 Å². The number of carbonyl (C=O) groups excluding carboxylic acids is 2. The molecule has 8 heteroatoms. The summed E-state index contributed by atoms with van der Waals surface area (Å²) in [7, 11) is 0. The Hall–Kier alpha value is -2.09. The number of benzene rings is 1. The van der Waals surface area contributed by atoms with E-state index in [-0.39, 0.29) is 0 Å². The van der Waals surface area contributed by atoms with Crippen LogP contribution in [0.1, 0.15) is 5.56 Å². The lowest BCUT2D eigenvalue weighted by molar-refractivity contribution is -0.137. The number of amides is 3. The minimum absolute atomic E-state index is 0.471. The van der Waals surface area contributed by atoms with Gasteiger partial charge in [0.05, 0.1) is 5.69 Å². The molecule has 0 spiro atoms. The maximum absolute atomic E-state index is 12.0. The molecule has 0 atom stereocenters. The van der Waals surface area contributed by atoms with Crippen LogP contribution in [0.2, 0.25) is 0 Å². The van der Waals surface area contributed by atoms with E-state index in [1.165, 1.54) is 0 Å². The zero-order valence-electron chi connectivity index (χ0n) is 10.7. The van der Waals surface area contributed by atoms with Crippen molar-refractivity contribution in [3.63, 3.8) is 0 Å². The number of rotatable bonds is 5. The first kappa shape index (κ1) is 16.0. The molecule has 4 N–H and O–H groups in total. The summed E-state index contributed by atoms with van der Waals surface area (Å²) in [6.45, 7) is 0.762. The number of hydrogen-bond donors (Lipinski definition) is 3. The zero-order valence-corrected chi connectivity index (χ0v) is 12.3. The van der Waals surface area contributed by atoms with Crippen molar-refractivity contribution in [1.82, 2.24) is 4.90 Å². The van der Waals surface area contributed by atoms with Crippen LogP contribution in [0, 0.1) is 6.92 Å².